The van der Waals surface area contributed by atoms with Gasteiger partial charge in [0.05, 0.1) is 12.2 Å². The first-order valence-corrected chi connectivity index (χ1v) is 5.73. The molecule has 0 spiro atoms. The summed E-state index contributed by atoms with van der Waals surface area (Å²) in [6.07, 6.45) is 1.69. The van der Waals surface area contributed by atoms with Crippen LogP contribution in [0.15, 0.2) is 42.6 Å². The van der Waals surface area contributed by atoms with Crippen LogP contribution in [0.3, 0.4) is 0 Å². The Morgan fingerprint density at radius 1 is 1.39 bits per heavy atom. The summed E-state index contributed by atoms with van der Waals surface area (Å²) in [5.41, 5.74) is 7.62. The van der Waals surface area contributed by atoms with Gasteiger partial charge in [-0.1, -0.05) is 30.3 Å². The maximum atomic E-state index is 11.9. The molecule has 1 aromatic carbocycles. The molecule has 0 saturated heterocycles. The summed E-state index contributed by atoms with van der Waals surface area (Å²) in [5.74, 6) is -0.192. The Balaban J connectivity index is 1.95. The molecule has 0 fully saturated rings. The van der Waals surface area contributed by atoms with Gasteiger partial charge in [0, 0.05) is 13.2 Å². The average molecular weight is 244 g/mol. The molecule has 18 heavy (non-hydrogen) atoms. The molecule has 2 aromatic rings. The molecule has 0 aliphatic rings. The van der Waals surface area contributed by atoms with E-state index in [1.807, 2.05) is 43.4 Å². The third-order valence-electron chi connectivity index (χ3n) is 2.81. The fourth-order valence-electron chi connectivity index (χ4n) is 1.67. The van der Waals surface area contributed by atoms with E-state index in [2.05, 4.69) is 10.4 Å². The number of carbonyl (C=O) groups is 1. The molecule has 0 aliphatic heterocycles. The number of hydrogen-bond donors (Lipinski definition) is 2. The smallest absolute Gasteiger partial charge is 0.241 e. The van der Waals surface area contributed by atoms with E-state index in [1.165, 1.54) is 0 Å². The van der Waals surface area contributed by atoms with Crippen molar-refractivity contribution >= 4 is 5.91 Å². The standard InChI is InChI=1S/C13H16N4O/c1-17-11(7-8-16-17)9-15-13(18)12(14)10-5-3-2-4-6-10/h2-8,12H,9,14H2,1H3,(H,15,18). The van der Waals surface area contributed by atoms with Gasteiger partial charge in [-0.25, -0.2) is 0 Å². The third kappa shape index (κ3) is 2.75. The number of hydrogen-bond acceptors (Lipinski definition) is 3. The number of rotatable bonds is 4. The zero-order chi connectivity index (χ0) is 13.0. The van der Waals surface area contributed by atoms with Gasteiger partial charge in [-0.2, -0.15) is 5.10 Å². The molecule has 0 saturated carbocycles. The second-order valence-electron chi connectivity index (χ2n) is 4.05. The van der Waals surface area contributed by atoms with Gasteiger partial charge in [0.1, 0.15) is 6.04 Å². The van der Waals surface area contributed by atoms with Crippen molar-refractivity contribution < 1.29 is 4.79 Å². The molecular formula is C13H16N4O. The summed E-state index contributed by atoms with van der Waals surface area (Å²) < 4.78 is 1.72. The molecule has 1 unspecified atom stereocenters. The van der Waals surface area contributed by atoms with Crippen LogP contribution in [0.2, 0.25) is 0 Å². The van der Waals surface area contributed by atoms with Gasteiger partial charge in [-0.05, 0) is 11.6 Å². The predicted molar refractivity (Wildman–Crippen MR) is 68.4 cm³/mol. The quantitative estimate of drug-likeness (QED) is 0.833. The molecule has 0 radical (unpaired) electrons. The summed E-state index contributed by atoms with van der Waals surface area (Å²) in [6.45, 7) is 0.426. The summed E-state index contributed by atoms with van der Waals surface area (Å²) >= 11 is 0. The van der Waals surface area contributed by atoms with E-state index >= 15 is 0 Å². The maximum Gasteiger partial charge on any atom is 0.241 e. The van der Waals surface area contributed by atoms with Gasteiger partial charge < -0.3 is 11.1 Å². The number of amides is 1. The van der Waals surface area contributed by atoms with Crippen molar-refractivity contribution in [2.24, 2.45) is 12.8 Å². The number of aryl methyl sites for hydroxylation is 1. The lowest BCUT2D eigenvalue weighted by atomic mass is 10.1. The van der Waals surface area contributed by atoms with Crippen LogP contribution >= 0.6 is 0 Å². The Morgan fingerprint density at radius 3 is 2.72 bits per heavy atom. The predicted octanol–water partition coefficient (Wildman–Crippen LogP) is 0.736. The molecule has 1 amide bonds. The lowest BCUT2D eigenvalue weighted by molar-refractivity contribution is -0.122. The molecule has 1 atom stereocenters. The molecule has 5 nitrogen and oxygen atoms in total. The van der Waals surface area contributed by atoms with Crippen molar-refractivity contribution in [1.82, 2.24) is 15.1 Å². The number of nitrogens with two attached hydrogens (primary N) is 1. The Morgan fingerprint density at radius 2 is 2.11 bits per heavy atom. The SMILES string of the molecule is Cn1nccc1CNC(=O)C(N)c1ccccc1. The van der Waals surface area contributed by atoms with Crippen LogP contribution in [-0.2, 0) is 18.4 Å². The van der Waals surface area contributed by atoms with Crippen LogP contribution < -0.4 is 11.1 Å². The van der Waals surface area contributed by atoms with Crippen molar-refractivity contribution in [3.05, 3.63) is 53.9 Å². The first-order chi connectivity index (χ1) is 8.68. The van der Waals surface area contributed by atoms with Crippen LogP contribution in [0.4, 0.5) is 0 Å². The van der Waals surface area contributed by atoms with Gasteiger partial charge in [0.2, 0.25) is 5.91 Å². The monoisotopic (exact) mass is 244 g/mol. The molecule has 0 bridgehead atoms. The highest BCUT2D eigenvalue weighted by Gasteiger charge is 2.15. The maximum absolute atomic E-state index is 11.9. The number of aromatic nitrogens is 2. The van der Waals surface area contributed by atoms with Crippen LogP contribution in [0.25, 0.3) is 0 Å². The lowest BCUT2D eigenvalue weighted by Gasteiger charge is -2.12. The minimum Gasteiger partial charge on any atom is -0.349 e. The van der Waals surface area contributed by atoms with E-state index in [9.17, 15) is 4.79 Å². The Bertz CT molecular complexity index is 521. The third-order valence-corrected chi connectivity index (χ3v) is 2.81. The number of nitrogens with one attached hydrogen (secondary N) is 1. The highest BCUT2D eigenvalue weighted by molar-refractivity contribution is 5.82. The first-order valence-electron chi connectivity index (χ1n) is 5.73. The summed E-state index contributed by atoms with van der Waals surface area (Å²) in [7, 11) is 1.83. The molecular weight excluding hydrogens is 228 g/mol. The Kier molecular flexibility index (Phi) is 3.74. The molecule has 1 aromatic heterocycles. The molecule has 1 heterocycles. The lowest BCUT2D eigenvalue weighted by Crippen LogP contribution is -2.34. The second-order valence-corrected chi connectivity index (χ2v) is 4.05. The van der Waals surface area contributed by atoms with Gasteiger partial charge in [-0.15, -0.1) is 0 Å². The van der Waals surface area contributed by atoms with Crippen LogP contribution in [-0.4, -0.2) is 15.7 Å². The van der Waals surface area contributed by atoms with Gasteiger partial charge in [0.25, 0.3) is 0 Å². The van der Waals surface area contributed by atoms with Crippen molar-refractivity contribution in [2.45, 2.75) is 12.6 Å². The highest BCUT2D eigenvalue weighted by Crippen LogP contribution is 2.09. The zero-order valence-electron chi connectivity index (χ0n) is 10.2. The van der Waals surface area contributed by atoms with Crippen molar-refractivity contribution in [3.8, 4) is 0 Å². The van der Waals surface area contributed by atoms with Crippen LogP contribution in [0.5, 0.6) is 0 Å². The topological polar surface area (TPSA) is 72.9 Å². The van der Waals surface area contributed by atoms with E-state index in [4.69, 9.17) is 5.73 Å². The normalized spacial score (nSPS) is 12.1. The van der Waals surface area contributed by atoms with Gasteiger partial charge in [-0.3, -0.25) is 9.48 Å². The van der Waals surface area contributed by atoms with Gasteiger partial charge >= 0.3 is 0 Å². The van der Waals surface area contributed by atoms with Crippen molar-refractivity contribution in [3.63, 3.8) is 0 Å². The van der Waals surface area contributed by atoms with Gasteiger partial charge in [0.15, 0.2) is 0 Å². The second kappa shape index (κ2) is 5.46. The van der Waals surface area contributed by atoms with E-state index in [0.717, 1.165) is 11.3 Å². The van der Waals surface area contributed by atoms with E-state index in [-0.39, 0.29) is 5.91 Å². The minimum atomic E-state index is -0.639. The Labute approximate surface area is 106 Å². The highest BCUT2D eigenvalue weighted by atomic mass is 16.2. The molecule has 0 aliphatic carbocycles. The first kappa shape index (κ1) is 12.3. The average Bonchev–Trinajstić information content (AvgIpc) is 2.81. The molecule has 3 N–H and O–H groups in total. The largest absolute Gasteiger partial charge is 0.349 e. The summed E-state index contributed by atoms with van der Waals surface area (Å²) in [4.78, 5) is 11.9. The fourth-order valence-corrected chi connectivity index (χ4v) is 1.67. The molecule has 5 heteroatoms. The van der Waals surface area contributed by atoms with Crippen LogP contribution in [0, 0.1) is 0 Å². The van der Waals surface area contributed by atoms with Crippen molar-refractivity contribution in [2.75, 3.05) is 0 Å². The Hall–Kier alpha value is -2.14. The van der Waals surface area contributed by atoms with E-state index in [1.54, 1.807) is 10.9 Å². The number of benzene rings is 1. The minimum absolute atomic E-state index is 0.192. The fraction of sp³-hybridized carbons (Fsp3) is 0.231. The molecule has 94 valence electrons. The number of carbonyl (C=O) groups excluding carboxylic acids is 1. The number of nitrogens with zero attached hydrogens (tertiary/aromatic N) is 2. The summed E-state index contributed by atoms with van der Waals surface area (Å²) in [6, 6.07) is 10.5. The van der Waals surface area contributed by atoms with E-state index < -0.39 is 6.04 Å². The molecule has 2 rings (SSSR count). The van der Waals surface area contributed by atoms with Crippen molar-refractivity contribution in [1.29, 1.82) is 0 Å². The zero-order valence-corrected chi connectivity index (χ0v) is 10.2. The van der Waals surface area contributed by atoms with E-state index in [0.29, 0.717) is 6.54 Å². The summed E-state index contributed by atoms with van der Waals surface area (Å²) in [5, 5.41) is 6.83. The van der Waals surface area contributed by atoms with Crippen LogP contribution in [0.1, 0.15) is 17.3 Å².